The van der Waals surface area contributed by atoms with Crippen molar-refractivity contribution in [3.05, 3.63) is 72.3 Å². The molecule has 0 spiro atoms. The highest BCUT2D eigenvalue weighted by molar-refractivity contribution is 6.01. The molecular weight excluding hydrogens is 529 g/mol. The SMILES string of the molecule is CCN(CC)CCNC(=O)c1ccc(NC(=O)Nc2ccc(Oc3ccc(OC(F)(F)F)cc3)cc2)cc1OC. The monoisotopic (exact) mass is 560 g/mol. The Bertz CT molecular complexity index is 1260. The maximum absolute atomic E-state index is 12.6. The van der Waals surface area contributed by atoms with Crippen LogP contribution in [-0.4, -0.2) is 56.5 Å². The Balaban J connectivity index is 1.53. The number of benzene rings is 3. The number of alkyl halides is 3. The number of anilines is 2. The first-order chi connectivity index (χ1) is 19.1. The van der Waals surface area contributed by atoms with Crippen LogP contribution in [0.4, 0.5) is 29.3 Å². The van der Waals surface area contributed by atoms with Gasteiger partial charge in [0.05, 0.1) is 12.7 Å². The summed E-state index contributed by atoms with van der Waals surface area (Å²) in [6, 6.07) is 15.6. The van der Waals surface area contributed by atoms with Crippen LogP contribution in [0.15, 0.2) is 66.7 Å². The Morgan fingerprint density at radius 2 is 1.38 bits per heavy atom. The summed E-state index contributed by atoms with van der Waals surface area (Å²) in [5, 5.41) is 8.25. The first-order valence-electron chi connectivity index (χ1n) is 12.5. The molecule has 3 aromatic rings. The summed E-state index contributed by atoms with van der Waals surface area (Å²) < 4.78 is 51.7. The topological polar surface area (TPSA) is 101 Å². The predicted molar refractivity (Wildman–Crippen MR) is 145 cm³/mol. The van der Waals surface area contributed by atoms with E-state index in [0.717, 1.165) is 31.8 Å². The molecule has 214 valence electrons. The molecule has 0 aliphatic carbocycles. The van der Waals surface area contributed by atoms with Crippen molar-refractivity contribution in [3.63, 3.8) is 0 Å². The molecule has 0 heterocycles. The molecule has 0 atom stereocenters. The number of amides is 3. The predicted octanol–water partition coefficient (Wildman–Crippen LogP) is 6.10. The van der Waals surface area contributed by atoms with E-state index in [4.69, 9.17) is 9.47 Å². The molecule has 0 fully saturated rings. The van der Waals surface area contributed by atoms with Crippen LogP contribution in [0.3, 0.4) is 0 Å². The first kappa shape index (κ1) is 30.1. The highest BCUT2D eigenvalue weighted by atomic mass is 19.4. The molecule has 40 heavy (non-hydrogen) atoms. The van der Waals surface area contributed by atoms with Crippen molar-refractivity contribution in [2.75, 3.05) is 43.9 Å². The number of hydrogen-bond acceptors (Lipinski definition) is 6. The van der Waals surface area contributed by atoms with Crippen LogP contribution in [0.25, 0.3) is 0 Å². The number of nitrogens with zero attached hydrogens (tertiary/aromatic N) is 1. The number of hydrogen-bond donors (Lipinski definition) is 3. The van der Waals surface area contributed by atoms with E-state index in [1.165, 1.54) is 19.2 Å². The quantitative estimate of drug-likeness (QED) is 0.247. The molecule has 0 radical (unpaired) electrons. The van der Waals surface area contributed by atoms with Crippen LogP contribution in [0.2, 0.25) is 0 Å². The number of rotatable bonds is 12. The number of likely N-dealkylation sites (N-methyl/N-ethyl adjacent to an activating group) is 1. The van der Waals surface area contributed by atoms with E-state index >= 15 is 0 Å². The number of methoxy groups -OCH3 is 1. The van der Waals surface area contributed by atoms with Crippen molar-refractivity contribution in [2.45, 2.75) is 20.2 Å². The highest BCUT2D eigenvalue weighted by Crippen LogP contribution is 2.28. The van der Waals surface area contributed by atoms with E-state index in [2.05, 4.69) is 39.4 Å². The molecule has 3 amide bonds. The average Bonchev–Trinajstić information content (AvgIpc) is 2.92. The smallest absolute Gasteiger partial charge is 0.496 e. The molecular formula is C28H31F3N4O5. The van der Waals surface area contributed by atoms with Gasteiger partial charge in [0.1, 0.15) is 23.0 Å². The lowest BCUT2D eigenvalue weighted by Gasteiger charge is -2.18. The molecule has 0 aromatic heterocycles. The van der Waals surface area contributed by atoms with Gasteiger partial charge in [0, 0.05) is 30.5 Å². The van der Waals surface area contributed by atoms with Gasteiger partial charge in [0.25, 0.3) is 5.91 Å². The van der Waals surface area contributed by atoms with Crippen molar-refractivity contribution in [3.8, 4) is 23.0 Å². The molecule has 0 aliphatic rings. The Morgan fingerprint density at radius 3 is 1.95 bits per heavy atom. The fourth-order valence-corrected chi connectivity index (χ4v) is 3.66. The number of carbonyl (C=O) groups is 2. The van der Waals surface area contributed by atoms with E-state index < -0.39 is 12.4 Å². The highest BCUT2D eigenvalue weighted by Gasteiger charge is 2.31. The van der Waals surface area contributed by atoms with Crippen molar-refractivity contribution in [1.29, 1.82) is 0 Å². The zero-order valence-corrected chi connectivity index (χ0v) is 22.3. The van der Waals surface area contributed by atoms with Gasteiger partial charge in [-0.3, -0.25) is 4.79 Å². The lowest BCUT2D eigenvalue weighted by molar-refractivity contribution is -0.274. The number of ether oxygens (including phenoxy) is 3. The normalized spacial score (nSPS) is 11.1. The summed E-state index contributed by atoms with van der Waals surface area (Å²) >= 11 is 0. The van der Waals surface area contributed by atoms with Crippen LogP contribution in [0, 0.1) is 0 Å². The molecule has 3 aromatic carbocycles. The Kier molecular flexibility index (Phi) is 10.6. The van der Waals surface area contributed by atoms with Crippen LogP contribution in [0.5, 0.6) is 23.0 Å². The van der Waals surface area contributed by atoms with Gasteiger partial charge in [0.2, 0.25) is 0 Å². The minimum Gasteiger partial charge on any atom is -0.496 e. The van der Waals surface area contributed by atoms with Gasteiger partial charge in [-0.25, -0.2) is 4.79 Å². The van der Waals surface area contributed by atoms with E-state index in [1.807, 2.05) is 0 Å². The van der Waals surface area contributed by atoms with Gasteiger partial charge in [-0.05, 0) is 73.8 Å². The molecule has 3 rings (SSSR count). The summed E-state index contributed by atoms with van der Waals surface area (Å²) in [7, 11) is 1.44. The summed E-state index contributed by atoms with van der Waals surface area (Å²) in [6.45, 7) is 7.16. The van der Waals surface area contributed by atoms with Crippen molar-refractivity contribution >= 4 is 23.3 Å². The van der Waals surface area contributed by atoms with Crippen molar-refractivity contribution in [1.82, 2.24) is 10.2 Å². The van der Waals surface area contributed by atoms with E-state index in [-0.39, 0.29) is 11.7 Å². The number of urea groups is 1. The second-order valence-electron chi connectivity index (χ2n) is 8.42. The van der Waals surface area contributed by atoms with E-state index in [0.29, 0.717) is 40.7 Å². The molecule has 12 heteroatoms. The van der Waals surface area contributed by atoms with Crippen LogP contribution in [-0.2, 0) is 0 Å². The summed E-state index contributed by atoms with van der Waals surface area (Å²) in [5.74, 6) is 0.409. The minimum absolute atomic E-state index is 0.270. The summed E-state index contributed by atoms with van der Waals surface area (Å²) in [4.78, 5) is 27.3. The fraction of sp³-hybridized carbons (Fsp3) is 0.286. The van der Waals surface area contributed by atoms with E-state index in [9.17, 15) is 22.8 Å². The molecule has 0 unspecified atom stereocenters. The van der Waals surface area contributed by atoms with Crippen LogP contribution >= 0.6 is 0 Å². The largest absolute Gasteiger partial charge is 0.573 e. The minimum atomic E-state index is -4.77. The van der Waals surface area contributed by atoms with Crippen molar-refractivity contribution < 1.29 is 37.0 Å². The zero-order valence-electron chi connectivity index (χ0n) is 22.3. The second-order valence-corrected chi connectivity index (χ2v) is 8.42. The first-order valence-corrected chi connectivity index (χ1v) is 12.5. The number of halogens is 3. The third-order valence-corrected chi connectivity index (χ3v) is 5.72. The van der Waals surface area contributed by atoms with Gasteiger partial charge >= 0.3 is 12.4 Å². The Morgan fingerprint density at radius 1 is 0.825 bits per heavy atom. The lowest BCUT2D eigenvalue weighted by atomic mass is 10.1. The van der Waals surface area contributed by atoms with Gasteiger partial charge < -0.3 is 35.1 Å². The molecule has 0 bridgehead atoms. The second kappa shape index (κ2) is 14.1. The standard InChI is InChI=1S/C28H31F3N4O5/c1-4-35(5-2)17-16-32-26(36)24-15-8-20(18-25(24)38-3)34-27(37)33-19-6-9-21(10-7-19)39-22-11-13-23(14-12-22)40-28(29,30)31/h6-15,18H,4-5,16-17H2,1-3H3,(H,32,36)(H2,33,34,37). The maximum Gasteiger partial charge on any atom is 0.573 e. The molecule has 0 saturated heterocycles. The Hall–Kier alpha value is -4.45. The molecule has 9 nitrogen and oxygen atoms in total. The average molecular weight is 561 g/mol. The molecule has 3 N–H and O–H groups in total. The number of carbonyl (C=O) groups excluding carboxylic acids is 2. The van der Waals surface area contributed by atoms with E-state index in [1.54, 1.807) is 42.5 Å². The van der Waals surface area contributed by atoms with Gasteiger partial charge in [0.15, 0.2) is 0 Å². The molecule has 0 aliphatic heterocycles. The van der Waals surface area contributed by atoms with Gasteiger partial charge in [-0.2, -0.15) is 0 Å². The fourth-order valence-electron chi connectivity index (χ4n) is 3.66. The summed E-state index contributed by atoms with van der Waals surface area (Å²) in [6.07, 6.45) is -4.77. The van der Waals surface area contributed by atoms with Gasteiger partial charge in [-0.15, -0.1) is 13.2 Å². The maximum atomic E-state index is 12.6. The third-order valence-electron chi connectivity index (χ3n) is 5.72. The van der Waals surface area contributed by atoms with Crippen LogP contribution < -0.4 is 30.2 Å². The van der Waals surface area contributed by atoms with Gasteiger partial charge in [-0.1, -0.05) is 13.8 Å². The Labute approximate surface area is 230 Å². The van der Waals surface area contributed by atoms with Crippen LogP contribution in [0.1, 0.15) is 24.2 Å². The van der Waals surface area contributed by atoms with Crippen molar-refractivity contribution in [2.24, 2.45) is 0 Å². The lowest BCUT2D eigenvalue weighted by Crippen LogP contribution is -2.34. The number of nitrogens with one attached hydrogen (secondary N) is 3. The zero-order chi connectivity index (χ0) is 29.1. The molecule has 0 saturated carbocycles. The third kappa shape index (κ3) is 9.38. The summed E-state index contributed by atoms with van der Waals surface area (Å²) in [5.41, 5.74) is 1.24.